The molecular formula is C10H19N3O3S. The molecule has 2 saturated heterocycles. The smallest absolute Gasteiger partial charge is 0.234 e. The molecular weight excluding hydrogens is 242 g/mol. The Bertz CT molecular complexity index is 376. The second-order valence-electron chi connectivity index (χ2n) is 4.69. The number of nitrogens with zero attached hydrogens (tertiary/aromatic N) is 1. The Balaban J connectivity index is 1.74. The van der Waals surface area contributed by atoms with Crippen LogP contribution in [-0.2, 0) is 14.6 Å². The molecule has 17 heavy (non-hydrogen) atoms. The Labute approximate surface area is 102 Å². The van der Waals surface area contributed by atoms with Crippen molar-refractivity contribution in [2.75, 3.05) is 44.2 Å². The quantitative estimate of drug-likeness (QED) is 0.626. The van der Waals surface area contributed by atoms with E-state index in [0.717, 1.165) is 26.2 Å². The number of piperazine rings is 1. The van der Waals surface area contributed by atoms with Crippen LogP contribution in [0.5, 0.6) is 0 Å². The molecule has 2 rings (SSSR count). The van der Waals surface area contributed by atoms with E-state index >= 15 is 0 Å². The Kier molecular flexibility index (Phi) is 4.01. The zero-order chi connectivity index (χ0) is 12.3. The number of amides is 1. The lowest BCUT2D eigenvalue weighted by molar-refractivity contribution is -0.122. The topological polar surface area (TPSA) is 78.5 Å². The van der Waals surface area contributed by atoms with Gasteiger partial charge in [-0.05, 0) is 6.42 Å². The van der Waals surface area contributed by atoms with Crippen LogP contribution in [0.1, 0.15) is 6.42 Å². The minimum absolute atomic E-state index is 0.0611. The average Bonchev–Trinajstić information content (AvgIpc) is 2.59. The van der Waals surface area contributed by atoms with E-state index in [2.05, 4.69) is 15.5 Å². The normalized spacial score (nSPS) is 29.1. The molecule has 98 valence electrons. The van der Waals surface area contributed by atoms with Gasteiger partial charge in [0.2, 0.25) is 5.91 Å². The van der Waals surface area contributed by atoms with E-state index in [0.29, 0.717) is 13.0 Å². The number of hydrogen-bond donors (Lipinski definition) is 2. The fourth-order valence-corrected chi connectivity index (χ4v) is 3.93. The molecule has 0 radical (unpaired) electrons. The van der Waals surface area contributed by atoms with Crippen LogP contribution in [-0.4, -0.2) is 69.5 Å². The molecule has 0 aromatic carbocycles. The summed E-state index contributed by atoms with van der Waals surface area (Å²) in [4.78, 5) is 13.8. The fourth-order valence-electron chi connectivity index (χ4n) is 2.25. The predicted molar refractivity (Wildman–Crippen MR) is 64.5 cm³/mol. The summed E-state index contributed by atoms with van der Waals surface area (Å²) in [6.45, 7) is 3.93. The Hall–Kier alpha value is -0.660. The third-order valence-electron chi connectivity index (χ3n) is 3.17. The maximum Gasteiger partial charge on any atom is 0.234 e. The predicted octanol–water partition coefficient (Wildman–Crippen LogP) is -1.81. The summed E-state index contributed by atoms with van der Waals surface area (Å²) in [5, 5.41) is 6.02. The van der Waals surface area contributed by atoms with Crippen LogP contribution in [0.25, 0.3) is 0 Å². The SMILES string of the molecule is O=C(CN1CCNCC1)NC1CCS(=O)(=O)C1. The first-order valence-electron chi connectivity index (χ1n) is 5.98. The van der Waals surface area contributed by atoms with Crippen molar-refractivity contribution in [3.05, 3.63) is 0 Å². The van der Waals surface area contributed by atoms with Gasteiger partial charge in [0, 0.05) is 32.2 Å². The van der Waals surface area contributed by atoms with E-state index in [1.807, 2.05) is 0 Å². The van der Waals surface area contributed by atoms with Gasteiger partial charge in [-0.3, -0.25) is 9.69 Å². The molecule has 2 aliphatic rings. The van der Waals surface area contributed by atoms with Gasteiger partial charge >= 0.3 is 0 Å². The van der Waals surface area contributed by atoms with Crippen molar-refractivity contribution < 1.29 is 13.2 Å². The van der Waals surface area contributed by atoms with Crippen LogP contribution in [0.2, 0.25) is 0 Å². The van der Waals surface area contributed by atoms with E-state index < -0.39 is 9.84 Å². The van der Waals surface area contributed by atoms with Crippen molar-refractivity contribution in [1.82, 2.24) is 15.5 Å². The van der Waals surface area contributed by atoms with Crippen molar-refractivity contribution in [1.29, 1.82) is 0 Å². The van der Waals surface area contributed by atoms with E-state index in [1.54, 1.807) is 0 Å². The first kappa shape index (κ1) is 12.8. The van der Waals surface area contributed by atoms with Gasteiger partial charge < -0.3 is 10.6 Å². The maximum atomic E-state index is 11.7. The third kappa shape index (κ3) is 3.93. The molecule has 0 bridgehead atoms. The monoisotopic (exact) mass is 261 g/mol. The molecule has 6 nitrogen and oxygen atoms in total. The first-order chi connectivity index (χ1) is 8.05. The van der Waals surface area contributed by atoms with Crippen LogP contribution in [0.15, 0.2) is 0 Å². The highest BCUT2D eigenvalue weighted by Crippen LogP contribution is 2.11. The van der Waals surface area contributed by atoms with Crippen molar-refractivity contribution in [2.24, 2.45) is 0 Å². The molecule has 0 spiro atoms. The van der Waals surface area contributed by atoms with Crippen LogP contribution in [0.3, 0.4) is 0 Å². The third-order valence-corrected chi connectivity index (χ3v) is 4.94. The second kappa shape index (κ2) is 5.32. The number of rotatable bonds is 3. The summed E-state index contributed by atoms with van der Waals surface area (Å²) in [5.41, 5.74) is 0. The number of sulfone groups is 1. The lowest BCUT2D eigenvalue weighted by Gasteiger charge is -2.26. The molecule has 0 saturated carbocycles. The standard InChI is InChI=1S/C10H19N3O3S/c14-10(7-13-4-2-11-3-5-13)12-9-1-6-17(15,16)8-9/h9,11H,1-8H2,(H,12,14). The molecule has 0 aromatic rings. The minimum atomic E-state index is -2.91. The van der Waals surface area contributed by atoms with Crippen molar-refractivity contribution in [3.63, 3.8) is 0 Å². The van der Waals surface area contributed by atoms with Gasteiger partial charge in [0.05, 0.1) is 18.1 Å². The number of nitrogens with one attached hydrogen (secondary N) is 2. The molecule has 2 fully saturated rings. The molecule has 1 atom stereocenters. The summed E-state index contributed by atoms with van der Waals surface area (Å²) in [7, 11) is -2.91. The summed E-state index contributed by atoms with van der Waals surface area (Å²) in [6, 6.07) is -0.185. The van der Waals surface area contributed by atoms with Crippen LogP contribution >= 0.6 is 0 Å². The van der Waals surface area contributed by atoms with Gasteiger partial charge in [0.25, 0.3) is 0 Å². The average molecular weight is 261 g/mol. The highest BCUT2D eigenvalue weighted by molar-refractivity contribution is 7.91. The highest BCUT2D eigenvalue weighted by atomic mass is 32.2. The summed E-state index contributed by atoms with van der Waals surface area (Å²) >= 11 is 0. The molecule has 0 aromatic heterocycles. The largest absolute Gasteiger partial charge is 0.351 e. The molecule has 1 amide bonds. The van der Waals surface area contributed by atoms with Crippen molar-refractivity contribution >= 4 is 15.7 Å². The fraction of sp³-hybridized carbons (Fsp3) is 0.900. The molecule has 2 aliphatic heterocycles. The van der Waals surface area contributed by atoms with Gasteiger partial charge in [-0.1, -0.05) is 0 Å². The Morgan fingerprint density at radius 1 is 1.35 bits per heavy atom. The molecule has 2 heterocycles. The van der Waals surface area contributed by atoms with Gasteiger partial charge in [-0.2, -0.15) is 0 Å². The molecule has 1 unspecified atom stereocenters. The van der Waals surface area contributed by atoms with Gasteiger partial charge in [-0.25, -0.2) is 8.42 Å². The zero-order valence-electron chi connectivity index (χ0n) is 9.81. The van der Waals surface area contributed by atoms with Crippen molar-refractivity contribution in [3.8, 4) is 0 Å². The second-order valence-corrected chi connectivity index (χ2v) is 6.92. The molecule has 7 heteroatoms. The molecule has 2 N–H and O–H groups in total. The van der Waals surface area contributed by atoms with Crippen molar-refractivity contribution in [2.45, 2.75) is 12.5 Å². The van der Waals surface area contributed by atoms with Crippen LogP contribution in [0, 0.1) is 0 Å². The maximum absolute atomic E-state index is 11.7. The Morgan fingerprint density at radius 2 is 2.06 bits per heavy atom. The van der Waals surface area contributed by atoms with Crippen LogP contribution in [0.4, 0.5) is 0 Å². The number of carbonyl (C=O) groups excluding carboxylic acids is 1. The van der Waals surface area contributed by atoms with E-state index in [-0.39, 0.29) is 23.5 Å². The van der Waals surface area contributed by atoms with Gasteiger partial charge in [0.15, 0.2) is 9.84 Å². The molecule has 0 aliphatic carbocycles. The summed E-state index contributed by atoms with van der Waals surface area (Å²) in [6.07, 6.45) is 0.551. The first-order valence-corrected chi connectivity index (χ1v) is 7.80. The lowest BCUT2D eigenvalue weighted by Crippen LogP contribution is -2.49. The number of carbonyl (C=O) groups is 1. The lowest BCUT2D eigenvalue weighted by atomic mass is 10.2. The number of hydrogen-bond acceptors (Lipinski definition) is 5. The van der Waals surface area contributed by atoms with E-state index in [9.17, 15) is 13.2 Å². The summed E-state index contributed by atoms with van der Waals surface area (Å²) in [5.74, 6) is 0.236. The Morgan fingerprint density at radius 3 is 2.65 bits per heavy atom. The van der Waals surface area contributed by atoms with E-state index in [1.165, 1.54) is 0 Å². The van der Waals surface area contributed by atoms with E-state index in [4.69, 9.17) is 0 Å². The highest BCUT2D eigenvalue weighted by Gasteiger charge is 2.29. The van der Waals surface area contributed by atoms with Gasteiger partial charge in [-0.15, -0.1) is 0 Å². The minimum Gasteiger partial charge on any atom is -0.351 e. The summed E-state index contributed by atoms with van der Waals surface area (Å²) < 4.78 is 22.5. The zero-order valence-corrected chi connectivity index (χ0v) is 10.6. The van der Waals surface area contributed by atoms with Crippen LogP contribution < -0.4 is 10.6 Å². The van der Waals surface area contributed by atoms with Gasteiger partial charge in [0.1, 0.15) is 0 Å².